The van der Waals surface area contributed by atoms with Gasteiger partial charge in [0.25, 0.3) is 0 Å². The van der Waals surface area contributed by atoms with Gasteiger partial charge in [-0.2, -0.15) is 0 Å². The molecule has 2 aliphatic heterocycles. The molecule has 0 aliphatic carbocycles. The number of para-hydroxylation sites is 2. The Morgan fingerprint density at radius 1 is 1.05 bits per heavy atom. The lowest BCUT2D eigenvalue weighted by Crippen LogP contribution is -2.51. The predicted octanol–water partition coefficient (Wildman–Crippen LogP) is 3.63. The van der Waals surface area contributed by atoms with Crippen LogP contribution in [0.2, 0.25) is 0 Å². The van der Waals surface area contributed by atoms with Crippen molar-refractivity contribution in [1.82, 2.24) is 9.80 Å². The Morgan fingerprint density at radius 3 is 2.49 bits per heavy atom. The molecular weight excluding hydrogens is 470 g/mol. The number of aryl methyl sites for hydroxylation is 1. The summed E-state index contributed by atoms with van der Waals surface area (Å²) in [6.45, 7) is 4.27. The van der Waals surface area contributed by atoms with Gasteiger partial charge in [-0.25, -0.2) is 4.79 Å². The molecule has 0 spiro atoms. The maximum absolute atomic E-state index is 13.3. The lowest BCUT2D eigenvalue weighted by Gasteiger charge is -2.44. The summed E-state index contributed by atoms with van der Waals surface area (Å²) in [6, 6.07) is 15.0. The number of hydrogen-bond donors (Lipinski definition) is 3. The summed E-state index contributed by atoms with van der Waals surface area (Å²) >= 11 is 0. The zero-order valence-corrected chi connectivity index (χ0v) is 22.0. The van der Waals surface area contributed by atoms with Crippen LogP contribution in [0.5, 0.6) is 11.5 Å². The predicted molar refractivity (Wildman–Crippen MR) is 143 cm³/mol. The van der Waals surface area contributed by atoms with Gasteiger partial charge in [0.15, 0.2) is 0 Å². The molecule has 4 N–H and O–H groups in total. The van der Waals surface area contributed by atoms with Crippen LogP contribution in [0.3, 0.4) is 0 Å². The number of hydrogen-bond acceptors (Lipinski definition) is 6. The Labute approximate surface area is 220 Å². The van der Waals surface area contributed by atoms with Crippen molar-refractivity contribution in [3.63, 3.8) is 0 Å². The second-order valence-electron chi connectivity index (χ2n) is 10.4. The third-order valence-corrected chi connectivity index (χ3v) is 7.79. The number of likely N-dealkylation sites (tertiary alicyclic amines) is 2. The molecule has 0 saturated carbocycles. The van der Waals surface area contributed by atoms with E-state index in [2.05, 4.69) is 0 Å². The van der Waals surface area contributed by atoms with Gasteiger partial charge in [0.1, 0.15) is 11.5 Å². The average Bonchev–Trinajstić information content (AvgIpc) is 3.25. The molecule has 2 aliphatic rings. The van der Waals surface area contributed by atoms with Crippen molar-refractivity contribution in [3.05, 3.63) is 59.7 Å². The molecule has 2 saturated heterocycles. The highest BCUT2D eigenvalue weighted by molar-refractivity contribution is 5.75. The van der Waals surface area contributed by atoms with E-state index < -0.39 is 17.7 Å². The van der Waals surface area contributed by atoms with E-state index >= 15 is 0 Å². The first kappa shape index (κ1) is 27.4. The zero-order chi connectivity index (χ0) is 26.4. The summed E-state index contributed by atoms with van der Waals surface area (Å²) in [5, 5.41) is 22.5. The van der Waals surface area contributed by atoms with E-state index in [9.17, 15) is 15.0 Å². The van der Waals surface area contributed by atoms with Gasteiger partial charge >= 0.3 is 6.03 Å². The molecule has 0 unspecified atom stereocenters. The fraction of sp³-hybridized carbons (Fsp3) is 0.552. The quantitative estimate of drug-likeness (QED) is 0.444. The molecule has 0 aromatic heterocycles. The minimum absolute atomic E-state index is 0.122. The van der Waals surface area contributed by atoms with Crippen LogP contribution < -0.4 is 10.5 Å². The molecule has 0 radical (unpaired) electrons. The lowest BCUT2D eigenvalue weighted by atomic mass is 9.73. The SMILES string of the molecule is COCCCC[C@@](O)(c1ccccc1Oc1ccccc1C)[C@@H]1CCCN(C(=O)N2C[C@@H](N)[C@@H](O)C2)C1. The van der Waals surface area contributed by atoms with Gasteiger partial charge in [0.05, 0.1) is 11.7 Å². The zero-order valence-electron chi connectivity index (χ0n) is 22.0. The van der Waals surface area contributed by atoms with E-state index in [1.165, 1.54) is 0 Å². The van der Waals surface area contributed by atoms with Gasteiger partial charge in [-0.05, 0) is 56.7 Å². The van der Waals surface area contributed by atoms with Gasteiger partial charge in [-0.15, -0.1) is 0 Å². The maximum Gasteiger partial charge on any atom is 0.320 e. The number of piperidine rings is 1. The molecule has 202 valence electrons. The summed E-state index contributed by atoms with van der Waals surface area (Å²) in [5.41, 5.74) is 6.52. The number of unbranched alkanes of at least 4 members (excludes halogenated alkanes) is 1. The van der Waals surface area contributed by atoms with Crippen molar-refractivity contribution in [1.29, 1.82) is 0 Å². The highest BCUT2D eigenvalue weighted by atomic mass is 16.5. The number of benzene rings is 2. The summed E-state index contributed by atoms with van der Waals surface area (Å²) in [6.07, 6.45) is 3.03. The molecule has 2 amide bonds. The number of β-amino-alcohol motifs (C(OH)–C–C–N with tert-alkyl or cyclic N) is 1. The lowest BCUT2D eigenvalue weighted by molar-refractivity contribution is -0.0587. The van der Waals surface area contributed by atoms with E-state index in [0.29, 0.717) is 38.4 Å². The van der Waals surface area contributed by atoms with Crippen LogP contribution in [0.1, 0.15) is 43.2 Å². The van der Waals surface area contributed by atoms with E-state index in [-0.39, 0.29) is 18.5 Å². The maximum atomic E-state index is 13.3. The van der Waals surface area contributed by atoms with Crippen molar-refractivity contribution < 1.29 is 24.5 Å². The molecule has 2 aromatic carbocycles. The molecule has 2 aromatic rings. The van der Waals surface area contributed by atoms with Crippen LogP contribution in [0, 0.1) is 12.8 Å². The van der Waals surface area contributed by atoms with Crippen LogP contribution in [0.4, 0.5) is 4.79 Å². The van der Waals surface area contributed by atoms with E-state index in [1.807, 2.05) is 60.4 Å². The Hall–Kier alpha value is -2.65. The number of aliphatic hydroxyl groups is 2. The first-order valence-electron chi connectivity index (χ1n) is 13.3. The van der Waals surface area contributed by atoms with Gasteiger partial charge < -0.3 is 35.2 Å². The number of nitrogens with two attached hydrogens (primary N) is 1. The fourth-order valence-electron chi connectivity index (χ4n) is 5.61. The standard InChI is InChI=1S/C29H41N3O5/c1-21-10-3-5-13-26(21)37-27-14-6-4-12-23(27)29(35,15-7-8-17-36-2)22-11-9-16-31(18-22)28(34)32-19-24(30)25(33)20-32/h3-6,10,12-14,22,24-25,33,35H,7-9,11,15-20,30H2,1-2H3/t22-,24-,25+,29+/m1/s1. The Bertz CT molecular complexity index is 1040. The van der Waals surface area contributed by atoms with Crippen molar-refractivity contribution in [2.24, 2.45) is 11.7 Å². The number of methoxy groups -OCH3 is 1. The van der Waals surface area contributed by atoms with Gasteiger partial charge in [0.2, 0.25) is 0 Å². The van der Waals surface area contributed by atoms with Gasteiger partial charge in [-0.3, -0.25) is 0 Å². The third kappa shape index (κ3) is 6.26. The Balaban J connectivity index is 1.61. The number of rotatable bonds is 9. The molecule has 2 fully saturated rings. The van der Waals surface area contributed by atoms with Crippen molar-refractivity contribution in [2.75, 3.05) is 39.9 Å². The number of aliphatic hydroxyl groups excluding tert-OH is 1. The first-order chi connectivity index (χ1) is 17.8. The molecule has 8 nitrogen and oxygen atoms in total. The van der Waals surface area contributed by atoms with E-state index in [4.69, 9.17) is 15.2 Å². The van der Waals surface area contributed by atoms with Crippen molar-refractivity contribution >= 4 is 6.03 Å². The van der Waals surface area contributed by atoms with Crippen molar-refractivity contribution in [2.45, 2.75) is 56.8 Å². The highest BCUT2D eigenvalue weighted by Gasteiger charge is 2.44. The summed E-state index contributed by atoms with van der Waals surface area (Å²) < 4.78 is 11.6. The minimum atomic E-state index is -1.19. The molecule has 37 heavy (non-hydrogen) atoms. The minimum Gasteiger partial charge on any atom is -0.457 e. The molecule has 2 heterocycles. The molecule has 4 atom stereocenters. The smallest absolute Gasteiger partial charge is 0.320 e. The van der Waals surface area contributed by atoms with Gasteiger partial charge in [0, 0.05) is 57.4 Å². The highest BCUT2D eigenvalue weighted by Crippen LogP contribution is 2.44. The topological polar surface area (TPSA) is 108 Å². The van der Waals surface area contributed by atoms with Crippen molar-refractivity contribution in [3.8, 4) is 11.5 Å². The fourth-order valence-corrected chi connectivity index (χ4v) is 5.61. The molecule has 0 bridgehead atoms. The van der Waals surface area contributed by atoms with Crippen LogP contribution in [-0.2, 0) is 10.3 Å². The second-order valence-corrected chi connectivity index (χ2v) is 10.4. The number of urea groups is 1. The van der Waals surface area contributed by atoms with Crippen LogP contribution in [0.15, 0.2) is 48.5 Å². The van der Waals surface area contributed by atoms with E-state index in [0.717, 1.165) is 42.6 Å². The molecular formula is C29H41N3O5. The Kier molecular flexibility index (Phi) is 9.08. The molecule has 4 rings (SSSR count). The number of nitrogens with zero attached hydrogens (tertiary/aromatic N) is 2. The third-order valence-electron chi connectivity index (χ3n) is 7.79. The van der Waals surface area contributed by atoms with Gasteiger partial charge in [-0.1, -0.05) is 36.4 Å². The van der Waals surface area contributed by atoms with Crippen LogP contribution in [-0.4, -0.2) is 78.1 Å². The Morgan fingerprint density at radius 2 is 1.78 bits per heavy atom. The number of carbonyl (C=O) groups is 1. The number of ether oxygens (including phenoxy) is 2. The monoisotopic (exact) mass is 511 g/mol. The first-order valence-corrected chi connectivity index (χ1v) is 13.3. The second kappa shape index (κ2) is 12.3. The summed E-state index contributed by atoms with van der Waals surface area (Å²) in [4.78, 5) is 16.7. The van der Waals surface area contributed by atoms with E-state index in [1.54, 1.807) is 12.0 Å². The van der Waals surface area contributed by atoms with Crippen LogP contribution in [0.25, 0.3) is 0 Å². The summed E-state index contributed by atoms with van der Waals surface area (Å²) in [5.74, 6) is 1.21. The largest absolute Gasteiger partial charge is 0.457 e. The number of amides is 2. The number of carbonyl (C=O) groups excluding carboxylic acids is 1. The van der Waals surface area contributed by atoms with Crippen LogP contribution >= 0.6 is 0 Å². The molecule has 8 heteroatoms. The summed E-state index contributed by atoms with van der Waals surface area (Å²) in [7, 11) is 1.68. The normalized spacial score (nSPS) is 23.6. The average molecular weight is 512 g/mol.